The summed E-state index contributed by atoms with van der Waals surface area (Å²) in [6.45, 7) is 3.32. The van der Waals surface area contributed by atoms with Gasteiger partial charge in [-0.15, -0.1) is 0 Å². The average Bonchev–Trinajstić information content (AvgIpc) is 3.37. The van der Waals surface area contributed by atoms with Gasteiger partial charge in [-0.25, -0.2) is 0 Å². The second-order valence-corrected chi connectivity index (χ2v) is 7.08. The van der Waals surface area contributed by atoms with Gasteiger partial charge in [0.25, 0.3) is 5.91 Å². The van der Waals surface area contributed by atoms with E-state index in [0.717, 1.165) is 52.9 Å². The molecule has 1 N–H and O–H groups in total. The van der Waals surface area contributed by atoms with Crippen LogP contribution < -0.4 is 4.90 Å². The number of carbonyl (C=O) groups excluding carboxylic acids is 1. The number of nitrogens with zero attached hydrogens (tertiary/aromatic N) is 4. The molecule has 2 aromatic heterocycles. The zero-order valence-corrected chi connectivity index (χ0v) is 14.6. The van der Waals surface area contributed by atoms with Crippen LogP contribution in [0.15, 0.2) is 36.7 Å². The van der Waals surface area contributed by atoms with Crippen molar-refractivity contribution in [2.75, 3.05) is 24.5 Å². The highest BCUT2D eigenvalue weighted by Gasteiger charge is 2.28. The summed E-state index contributed by atoms with van der Waals surface area (Å²) in [6.07, 6.45) is 6.76. The van der Waals surface area contributed by atoms with E-state index < -0.39 is 0 Å². The summed E-state index contributed by atoms with van der Waals surface area (Å²) in [6, 6.07) is 8.12. The Balaban J connectivity index is 1.58. The number of para-hydroxylation sites is 1. The third kappa shape index (κ3) is 2.44. The van der Waals surface area contributed by atoms with Crippen LogP contribution in [0, 0.1) is 0 Å². The van der Waals surface area contributed by atoms with Crippen molar-refractivity contribution in [3.63, 3.8) is 0 Å². The molecule has 6 nitrogen and oxygen atoms in total. The van der Waals surface area contributed by atoms with Gasteiger partial charge in [-0.2, -0.15) is 5.10 Å². The second kappa shape index (κ2) is 6.12. The van der Waals surface area contributed by atoms with E-state index in [2.05, 4.69) is 26.1 Å². The zero-order valence-electron chi connectivity index (χ0n) is 14.6. The van der Waals surface area contributed by atoms with E-state index in [0.29, 0.717) is 13.1 Å². The van der Waals surface area contributed by atoms with E-state index in [9.17, 15) is 4.79 Å². The van der Waals surface area contributed by atoms with Crippen molar-refractivity contribution in [1.82, 2.24) is 20.1 Å². The molecule has 1 amide bonds. The fourth-order valence-electron chi connectivity index (χ4n) is 4.13. The Morgan fingerprint density at radius 1 is 1.08 bits per heavy atom. The lowest BCUT2D eigenvalue weighted by atomic mass is 10.0. The highest BCUT2D eigenvalue weighted by atomic mass is 16.2. The number of aromatic amines is 1. The number of carbonyl (C=O) groups is 1. The van der Waals surface area contributed by atoms with Crippen LogP contribution in [0.1, 0.15) is 34.5 Å². The summed E-state index contributed by atoms with van der Waals surface area (Å²) in [5, 5.41) is 8.21. The smallest absolute Gasteiger partial charge is 0.257 e. The minimum atomic E-state index is 0.0667. The molecule has 2 aliphatic heterocycles. The molecule has 0 bridgehead atoms. The van der Waals surface area contributed by atoms with Crippen molar-refractivity contribution in [2.24, 2.45) is 0 Å². The van der Waals surface area contributed by atoms with Crippen LogP contribution >= 0.6 is 0 Å². The van der Waals surface area contributed by atoms with E-state index in [-0.39, 0.29) is 5.91 Å². The average molecular weight is 347 g/mol. The molecule has 0 unspecified atom stereocenters. The molecule has 4 heterocycles. The lowest BCUT2D eigenvalue weighted by molar-refractivity contribution is 0.0734. The summed E-state index contributed by atoms with van der Waals surface area (Å²) < 4.78 is 0. The van der Waals surface area contributed by atoms with E-state index >= 15 is 0 Å². The number of nitrogens with one attached hydrogen (secondary N) is 1. The van der Waals surface area contributed by atoms with Crippen LogP contribution in [-0.2, 0) is 13.0 Å². The predicted molar refractivity (Wildman–Crippen MR) is 100 cm³/mol. The van der Waals surface area contributed by atoms with Crippen molar-refractivity contribution in [1.29, 1.82) is 0 Å². The summed E-state index contributed by atoms with van der Waals surface area (Å²) in [5.41, 5.74) is 4.97. The van der Waals surface area contributed by atoms with Crippen molar-refractivity contribution in [2.45, 2.75) is 25.8 Å². The summed E-state index contributed by atoms with van der Waals surface area (Å²) in [7, 11) is 0. The highest BCUT2D eigenvalue weighted by molar-refractivity contribution is 6.07. The molecule has 132 valence electrons. The normalized spacial score (nSPS) is 16.9. The Labute approximate surface area is 151 Å². The molecule has 0 radical (unpaired) electrons. The third-order valence-electron chi connectivity index (χ3n) is 5.49. The van der Waals surface area contributed by atoms with Gasteiger partial charge in [0.1, 0.15) is 0 Å². The van der Waals surface area contributed by atoms with Crippen LogP contribution in [0.25, 0.3) is 10.9 Å². The number of rotatable bonds is 2. The SMILES string of the molecule is O=C(c1cnc2ccccc2c1N1CCCC1)N1CCc2[nH]ncc2C1. The van der Waals surface area contributed by atoms with Crippen molar-refractivity contribution in [3.05, 3.63) is 53.5 Å². The number of hydrogen-bond acceptors (Lipinski definition) is 4. The molecule has 6 heteroatoms. The van der Waals surface area contributed by atoms with E-state index in [1.54, 1.807) is 6.20 Å². The fraction of sp³-hybridized carbons (Fsp3) is 0.350. The highest BCUT2D eigenvalue weighted by Crippen LogP contribution is 2.33. The Bertz CT molecular complexity index is 973. The molecule has 0 spiro atoms. The molecule has 3 aromatic rings. The first kappa shape index (κ1) is 15.4. The van der Waals surface area contributed by atoms with Gasteiger partial charge in [-0.3, -0.25) is 14.9 Å². The van der Waals surface area contributed by atoms with Gasteiger partial charge in [0.05, 0.1) is 23.0 Å². The first-order valence-corrected chi connectivity index (χ1v) is 9.24. The Hall–Kier alpha value is -2.89. The molecule has 0 saturated carbocycles. The molecule has 1 fully saturated rings. The van der Waals surface area contributed by atoms with E-state index in [1.165, 1.54) is 12.8 Å². The standard InChI is InChI=1S/C20H21N5O/c26-20(25-10-7-17-14(13-25)11-22-23-17)16-12-21-18-6-2-1-5-15(18)19(16)24-8-3-4-9-24/h1-2,5-6,11-12H,3-4,7-10,13H2,(H,22,23). The van der Waals surface area contributed by atoms with E-state index in [1.807, 2.05) is 29.3 Å². The maximum Gasteiger partial charge on any atom is 0.257 e. The first-order chi connectivity index (χ1) is 12.8. The van der Waals surface area contributed by atoms with Gasteiger partial charge in [0, 0.05) is 55.4 Å². The molecule has 2 aliphatic rings. The lowest BCUT2D eigenvalue weighted by Crippen LogP contribution is -2.37. The number of benzene rings is 1. The van der Waals surface area contributed by atoms with Crippen molar-refractivity contribution in [3.8, 4) is 0 Å². The fourth-order valence-corrected chi connectivity index (χ4v) is 4.13. The number of fused-ring (bicyclic) bond motifs is 2. The summed E-state index contributed by atoms with van der Waals surface area (Å²) in [4.78, 5) is 22.2. The lowest BCUT2D eigenvalue weighted by Gasteiger charge is -2.29. The number of H-pyrrole nitrogens is 1. The van der Waals surface area contributed by atoms with Crippen LogP contribution in [-0.4, -0.2) is 45.6 Å². The monoisotopic (exact) mass is 347 g/mol. The van der Waals surface area contributed by atoms with Gasteiger partial charge in [0.2, 0.25) is 0 Å². The number of aromatic nitrogens is 3. The maximum atomic E-state index is 13.4. The van der Waals surface area contributed by atoms with E-state index in [4.69, 9.17) is 0 Å². The summed E-state index contributed by atoms with van der Waals surface area (Å²) >= 11 is 0. The van der Waals surface area contributed by atoms with Crippen molar-refractivity contribution < 1.29 is 4.79 Å². The first-order valence-electron chi connectivity index (χ1n) is 9.24. The Kier molecular flexibility index (Phi) is 3.62. The molecule has 1 aromatic carbocycles. The molecule has 5 rings (SSSR count). The number of pyridine rings is 1. The molecule has 26 heavy (non-hydrogen) atoms. The van der Waals surface area contributed by atoms with Gasteiger partial charge >= 0.3 is 0 Å². The number of amides is 1. The number of hydrogen-bond donors (Lipinski definition) is 1. The van der Waals surface area contributed by atoms with Gasteiger partial charge < -0.3 is 9.80 Å². The van der Waals surface area contributed by atoms with Gasteiger partial charge in [-0.05, 0) is 18.9 Å². The third-order valence-corrected chi connectivity index (χ3v) is 5.49. The Morgan fingerprint density at radius 3 is 2.81 bits per heavy atom. The largest absolute Gasteiger partial charge is 0.370 e. The Morgan fingerprint density at radius 2 is 1.92 bits per heavy atom. The predicted octanol–water partition coefficient (Wildman–Crippen LogP) is 2.76. The minimum Gasteiger partial charge on any atom is -0.370 e. The molecule has 1 saturated heterocycles. The summed E-state index contributed by atoms with van der Waals surface area (Å²) in [5.74, 6) is 0.0667. The second-order valence-electron chi connectivity index (χ2n) is 7.08. The van der Waals surface area contributed by atoms with Gasteiger partial charge in [0.15, 0.2) is 0 Å². The number of anilines is 1. The molecule has 0 atom stereocenters. The molecular weight excluding hydrogens is 326 g/mol. The zero-order chi connectivity index (χ0) is 17.5. The van der Waals surface area contributed by atoms with Crippen LogP contribution in [0.2, 0.25) is 0 Å². The topological polar surface area (TPSA) is 65.1 Å². The maximum absolute atomic E-state index is 13.4. The van der Waals surface area contributed by atoms with Crippen LogP contribution in [0.4, 0.5) is 5.69 Å². The van der Waals surface area contributed by atoms with Crippen LogP contribution in [0.5, 0.6) is 0 Å². The van der Waals surface area contributed by atoms with Gasteiger partial charge in [-0.1, -0.05) is 18.2 Å². The van der Waals surface area contributed by atoms with Crippen molar-refractivity contribution >= 4 is 22.5 Å². The van der Waals surface area contributed by atoms with Crippen LogP contribution in [0.3, 0.4) is 0 Å². The molecule has 0 aliphatic carbocycles. The quantitative estimate of drug-likeness (QED) is 0.774. The minimum absolute atomic E-state index is 0.0667. The molecular formula is C20H21N5O.